The Kier molecular flexibility index (Phi) is 6.08. The number of hydrogen-bond acceptors (Lipinski definition) is 3. The van der Waals surface area contributed by atoms with Crippen molar-refractivity contribution in [1.29, 1.82) is 0 Å². The molecule has 1 heterocycles. The minimum absolute atomic E-state index is 0.148. The van der Waals surface area contributed by atoms with Crippen LogP contribution in [0.1, 0.15) is 63.9 Å². The smallest absolute Gasteiger partial charge is 0.151 e. The highest BCUT2D eigenvalue weighted by molar-refractivity contribution is 6.30. The molecule has 0 radical (unpaired) electrons. The molecule has 1 aliphatic rings. The van der Waals surface area contributed by atoms with Crippen LogP contribution in [0.3, 0.4) is 0 Å². The van der Waals surface area contributed by atoms with Gasteiger partial charge in [-0.3, -0.25) is 0 Å². The van der Waals surface area contributed by atoms with Gasteiger partial charge in [-0.2, -0.15) is 0 Å². The maximum absolute atomic E-state index is 9.78. The van der Waals surface area contributed by atoms with Crippen molar-refractivity contribution in [1.82, 2.24) is 15.3 Å². The van der Waals surface area contributed by atoms with E-state index >= 15 is 0 Å². The lowest BCUT2D eigenvalue weighted by atomic mass is 9.77. The van der Waals surface area contributed by atoms with E-state index in [-0.39, 0.29) is 12.1 Å². The Hall–Kier alpha value is -0.580. The highest BCUT2D eigenvalue weighted by atomic mass is 35.5. The van der Waals surface area contributed by atoms with Crippen molar-refractivity contribution in [3.8, 4) is 0 Å². The van der Waals surface area contributed by atoms with Gasteiger partial charge in [0.2, 0.25) is 0 Å². The average molecular weight is 314 g/mol. The molecule has 0 aliphatic heterocycles. The van der Waals surface area contributed by atoms with E-state index in [0.717, 1.165) is 49.5 Å². The molecule has 0 spiro atoms. The molecule has 1 aromatic rings. The van der Waals surface area contributed by atoms with Crippen LogP contribution >= 0.6 is 11.6 Å². The number of aromatic nitrogens is 2. The zero-order chi connectivity index (χ0) is 15.3. The van der Waals surface area contributed by atoms with E-state index in [2.05, 4.69) is 29.1 Å². The summed E-state index contributed by atoms with van der Waals surface area (Å²) in [7, 11) is 0. The summed E-state index contributed by atoms with van der Waals surface area (Å²) in [6, 6.07) is 0. The van der Waals surface area contributed by atoms with Crippen molar-refractivity contribution >= 4 is 11.6 Å². The Balaban J connectivity index is 1.93. The first-order chi connectivity index (χ1) is 10.1. The number of nitrogens with zero attached hydrogens (tertiary/aromatic N) is 1. The number of imidazole rings is 1. The lowest BCUT2D eigenvalue weighted by Gasteiger charge is -2.39. The van der Waals surface area contributed by atoms with Gasteiger partial charge in [0.25, 0.3) is 0 Å². The van der Waals surface area contributed by atoms with Crippen LogP contribution in [0.4, 0.5) is 0 Å². The maximum atomic E-state index is 9.78. The van der Waals surface area contributed by atoms with Crippen LogP contribution in [0.15, 0.2) is 0 Å². The molecule has 1 fully saturated rings. The van der Waals surface area contributed by atoms with Gasteiger partial charge in [0.15, 0.2) is 5.15 Å². The Morgan fingerprint density at radius 2 is 2.14 bits per heavy atom. The summed E-state index contributed by atoms with van der Waals surface area (Å²) in [6.07, 6.45) is 7.61. The summed E-state index contributed by atoms with van der Waals surface area (Å²) in [5.41, 5.74) is 0.791. The van der Waals surface area contributed by atoms with Crippen LogP contribution in [-0.4, -0.2) is 27.2 Å². The standard InChI is InChI=1S/C16H28ClN3O/c1-3-4-5-14-19-13(15(17)20-14)10-18-16(11-21)8-6-12(2)7-9-16/h12,18,21H,3-11H2,1-2H3,(H,19,20). The van der Waals surface area contributed by atoms with E-state index < -0.39 is 0 Å². The topological polar surface area (TPSA) is 60.9 Å². The molecular formula is C16H28ClN3O. The first-order valence-corrected chi connectivity index (χ1v) is 8.55. The van der Waals surface area contributed by atoms with Gasteiger partial charge in [0, 0.05) is 18.5 Å². The summed E-state index contributed by atoms with van der Waals surface area (Å²) in [4.78, 5) is 7.70. The van der Waals surface area contributed by atoms with Gasteiger partial charge in [0.05, 0.1) is 12.3 Å². The van der Waals surface area contributed by atoms with E-state index in [9.17, 15) is 5.11 Å². The van der Waals surface area contributed by atoms with Gasteiger partial charge in [-0.05, 0) is 38.0 Å². The fraction of sp³-hybridized carbons (Fsp3) is 0.812. The van der Waals surface area contributed by atoms with Gasteiger partial charge < -0.3 is 15.4 Å². The molecule has 0 amide bonds. The number of aliphatic hydroxyl groups is 1. The molecule has 4 nitrogen and oxygen atoms in total. The molecule has 21 heavy (non-hydrogen) atoms. The van der Waals surface area contributed by atoms with E-state index in [1.165, 1.54) is 12.8 Å². The highest BCUT2D eigenvalue weighted by Gasteiger charge is 2.33. The van der Waals surface area contributed by atoms with Crippen LogP contribution in [0.2, 0.25) is 5.15 Å². The molecule has 0 unspecified atom stereocenters. The molecule has 120 valence electrons. The average Bonchev–Trinajstić information content (AvgIpc) is 2.85. The molecule has 0 atom stereocenters. The normalized spacial score (nSPS) is 26.2. The molecule has 1 aliphatic carbocycles. The third kappa shape index (κ3) is 4.44. The predicted octanol–water partition coefficient (Wildman–Crippen LogP) is 3.44. The fourth-order valence-corrected chi connectivity index (χ4v) is 3.22. The number of unbranched alkanes of at least 4 members (excludes halogenated alkanes) is 1. The molecule has 0 aromatic carbocycles. The van der Waals surface area contributed by atoms with Crippen LogP contribution in [0.5, 0.6) is 0 Å². The molecular weight excluding hydrogens is 286 g/mol. The van der Waals surface area contributed by atoms with Crippen molar-refractivity contribution in [3.63, 3.8) is 0 Å². The van der Waals surface area contributed by atoms with Gasteiger partial charge in [-0.15, -0.1) is 0 Å². The fourth-order valence-electron chi connectivity index (χ4n) is 3.00. The van der Waals surface area contributed by atoms with E-state index in [0.29, 0.717) is 11.7 Å². The molecule has 3 N–H and O–H groups in total. The van der Waals surface area contributed by atoms with Gasteiger partial charge in [-0.1, -0.05) is 31.9 Å². The second-order valence-corrected chi connectivity index (χ2v) is 6.89. The Morgan fingerprint density at radius 1 is 1.43 bits per heavy atom. The number of aromatic amines is 1. The second kappa shape index (κ2) is 7.61. The number of aryl methyl sites for hydroxylation is 1. The lowest BCUT2D eigenvalue weighted by molar-refractivity contribution is 0.104. The summed E-state index contributed by atoms with van der Waals surface area (Å²) in [5, 5.41) is 13.9. The van der Waals surface area contributed by atoms with Gasteiger partial charge in [-0.25, -0.2) is 4.98 Å². The molecule has 5 heteroatoms. The Morgan fingerprint density at radius 3 is 2.76 bits per heavy atom. The van der Waals surface area contributed by atoms with Gasteiger partial charge >= 0.3 is 0 Å². The molecule has 1 saturated carbocycles. The molecule has 1 aromatic heterocycles. The van der Waals surface area contributed by atoms with Crippen molar-refractivity contribution < 1.29 is 5.11 Å². The van der Waals surface area contributed by atoms with E-state index in [4.69, 9.17) is 11.6 Å². The number of aliphatic hydroxyl groups excluding tert-OH is 1. The van der Waals surface area contributed by atoms with Crippen molar-refractivity contribution in [3.05, 3.63) is 16.7 Å². The minimum Gasteiger partial charge on any atom is -0.394 e. The number of H-pyrrole nitrogens is 1. The highest BCUT2D eigenvalue weighted by Crippen LogP contribution is 2.32. The second-order valence-electron chi connectivity index (χ2n) is 6.53. The summed E-state index contributed by atoms with van der Waals surface area (Å²) in [5.74, 6) is 1.73. The van der Waals surface area contributed by atoms with Crippen molar-refractivity contribution in [2.24, 2.45) is 5.92 Å². The van der Waals surface area contributed by atoms with E-state index in [1.54, 1.807) is 0 Å². The first-order valence-electron chi connectivity index (χ1n) is 8.17. The quantitative estimate of drug-likeness (QED) is 0.722. The zero-order valence-electron chi connectivity index (χ0n) is 13.2. The van der Waals surface area contributed by atoms with Gasteiger partial charge in [0.1, 0.15) is 5.82 Å². The Labute approximate surface area is 132 Å². The minimum atomic E-state index is -0.148. The molecule has 0 bridgehead atoms. The third-order valence-corrected chi connectivity index (χ3v) is 5.03. The van der Waals surface area contributed by atoms with Crippen molar-refractivity contribution in [2.75, 3.05) is 6.61 Å². The van der Waals surface area contributed by atoms with Crippen LogP contribution in [0, 0.1) is 5.92 Å². The third-order valence-electron chi connectivity index (χ3n) is 4.72. The monoisotopic (exact) mass is 313 g/mol. The number of rotatable bonds is 7. The summed E-state index contributed by atoms with van der Waals surface area (Å²) < 4.78 is 0. The molecule has 0 saturated heterocycles. The lowest BCUT2D eigenvalue weighted by Crippen LogP contribution is -2.50. The summed E-state index contributed by atoms with van der Waals surface area (Å²) >= 11 is 6.21. The number of hydrogen-bond donors (Lipinski definition) is 3. The summed E-state index contributed by atoms with van der Waals surface area (Å²) in [6.45, 7) is 5.29. The number of nitrogens with one attached hydrogen (secondary N) is 2. The SMILES string of the molecule is CCCCc1nc(Cl)c(CNC2(CO)CCC(C)CC2)[nH]1. The van der Waals surface area contributed by atoms with Crippen LogP contribution < -0.4 is 5.32 Å². The van der Waals surface area contributed by atoms with Crippen LogP contribution in [0.25, 0.3) is 0 Å². The van der Waals surface area contributed by atoms with Crippen LogP contribution in [-0.2, 0) is 13.0 Å². The largest absolute Gasteiger partial charge is 0.394 e. The maximum Gasteiger partial charge on any atom is 0.151 e. The first kappa shape index (κ1) is 16.8. The van der Waals surface area contributed by atoms with E-state index in [1.807, 2.05) is 0 Å². The van der Waals surface area contributed by atoms with Crippen molar-refractivity contribution in [2.45, 2.75) is 70.9 Å². The zero-order valence-corrected chi connectivity index (χ0v) is 14.0. The number of halogens is 1. The molecule has 2 rings (SSSR count). The predicted molar refractivity (Wildman–Crippen MR) is 86.5 cm³/mol. The Bertz CT molecular complexity index is 439.